The third-order valence-electron chi connectivity index (χ3n) is 2.72. The molecule has 0 spiro atoms. The van der Waals surface area contributed by atoms with Crippen molar-refractivity contribution in [2.45, 2.75) is 25.8 Å². The minimum Gasteiger partial charge on any atom is -0.306 e. The Morgan fingerprint density at radius 3 is 3.18 bits per heavy atom. The van der Waals surface area contributed by atoms with Crippen molar-refractivity contribution in [3.63, 3.8) is 0 Å². The van der Waals surface area contributed by atoms with Gasteiger partial charge in [0.05, 0.1) is 6.04 Å². The predicted octanol–water partition coefficient (Wildman–Crippen LogP) is 0.559. The van der Waals surface area contributed by atoms with Crippen LogP contribution in [-0.4, -0.2) is 18.0 Å². The summed E-state index contributed by atoms with van der Waals surface area (Å²) in [7, 11) is 0. The number of nitrogens with zero attached hydrogens (tertiary/aromatic N) is 1. The normalized spacial score (nSPS) is 40.3. The van der Waals surface area contributed by atoms with Gasteiger partial charge in [-0.2, -0.15) is 5.10 Å². The second-order valence-electron chi connectivity index (χ2n) is 3.39. The van der Waals surface area contributed by atoms with Crippen molar-refractivity contribution in [1.29, 1.82) is 0 Å². The molecule has 3 nitrogen and oxygen atoms in total. The van der Waals surface area contributed by atoms with Crippen LogP contribution in [0.25, 0.3) is 0 Å². The van der Waals surface area contributed by atoms with Crippen LogP contribution in [0.5, 0.6) is 0 Å². The van der Waals surface area contributed by atoms with Gasteiger partial charge < -0.3 is 5.43 Å². The molecule has 0 amide bonds. The Morgan fingerprint density at radius 1 is 1.64 bits per heavy atom. The molecule has 0 saturated heterocycles. The van der Waals surface area contributed by atoms with Crippen LogP contribution in [-0.2, 0) is 4.79 Å². The summed E-state index contributed by atoms with van der Waals surface area (Å²) in [6.07, 6.45) is 4.09. The highest BCUT2D eigenvalue weighted by Crippen LogP contribution is 2.32. The standard InChI is InChI=1S/C8H12N2O/c1-5(11)7-3-2-6-4-9-10-8(6)7/h4,6-8,10H,2-3H2,1H3. The molecule has 0 aromatic heterocycles. The Morgan fingerprint density at radius 2 is 2.45 bits per heavy atom. The number of carbonyl (C=O) groups is 1. The lowest BCUT2D eigenvalue weighted by Gasteiger charge is -2.14. The second kappa shape index (κ2) is 2.32. The lowest BCUT2D eigenvalue weighted by Crippen LogP contribution is -2.33. The maximum Gasteiger partial charge on any atom is 0.135 e. The number of nitrogens with one attached hydrogen (secondary N) is 1. The highest BCUT2D eigenvalue weighted by atomic mass is 16.1. The van der Waals surface area contributed by atoms with E-state index in [1.165, 1.54) is 0 Å². The second-order valence-corrected chi connectivity index (χ2v) is 3.39. The van der Waals surface area contributed by atoms with E-state index in [9.17, 15) is 4.79 Å². The van der Waals surface area contributed by atoms with E-state index in [1.807, 2.05) is 6.21 Å². The van der Waals surface area contributed by atoms with Gasteiger partial charge in [-0.1, -0.05) is 0 Å². The molecule has 0 radical (unpaired) electrons. The van der Waals surface area contributed by atoms with Crippen molar-refractivity contribution < 1.29 is 4.79 Å². The summed E-state index contributed by atoms with van der Waals surface area (Å²) in [4.78, 5) is 11.1. The smallest absolute Gasteiger partial charge is 0.135 e. The van der Waals surface area contributed by atoms with E-state index in [-0.39, 0.29) is 5.92 Å². The van der Waals surface area contributed by atoms with Crippen LogP contribution < -0.4 is 5.43 Å². The number of hydrazone groups is 1. The van der Waals surface area contributed by atoms with Gasteiger partial charge >= 0.3 is 0 Å². The quantitative estimate of drug-likeness (QED) is 0.596. The number of ketones is 1. The van der Waals surface area contributed by atoms with Crippen LogP contribution in [0.1, 0.15) is 19.8 Å². The summed E-state index contributed by atoms with van der Waals surface area (Å²) in [5.41, 5.74) is 3.00. The highest BCUT2D eigenvalue weighted by molar-refractivity contribution is 5.81. The molecule has 1 heterocycles. The van der Waals surface area contributed by atoms with E-state index >= 15 is 0 Å². The van der Waals surface area contributed by atoms with Gasteiger partial charge in [0.15, 0.2) is 0 Å². The first-order valence-corrected chi connectivity index (χ1v) is 4.08. The zero-order valence-electron chi connectivity index (χ0n) is 6.58. The van der Waals surface area contributed by atoms with E-state index in [2.05, 4.69) is 10.5 Å². The minimum absolute atomic E-state index is 0.211. The molecular formula is C8H12N2O. The average molecular weight is 152 g/mol. The number of Topliss-reactive ketones (excluding diaryl/α,β-unsaturated/α-hetero) is 1. The molecule has 60 valence electrons. The summed E-state index contributed by atoms with van der Waals surface area (Å²) < 4.78 is 0. The van der Waals surface area contributed by atoms with Crippen LogP contribution in [0.2, 0.25) is 0 Å². The van der Waals surface area contributed by atoms with Crippen molar-refractivity contribution in [2.24, 2.45) is 16.9 Å². The van der Waals surface area contributed by atoms with Gasteiger partial charge in [-0.05, 0) is 19.8 Å². The summed E-state index contributed by atoms with van der Waals surface area (Å²) >= 11 is 0. The van der Waals surface area contributed by atoms with Crippen LogP contribution in [0, 0.1) is 11.8 Å². The average Bonchev–Trinajstić information content (AvgIpc) is 2.41. The fourth-order valence-electron chi connectivity index (χ4n) is 2.06. The molecule has 3 unspecified atom stereocenters. The number of carbonyl (C=O) groups excluding carboxylic acids is 1. The highest BCUT2D eigenvalue weighted by Gasteiger charge is 2.39. The maximum absolute atomic E-state index is 11.1. The monoisotopic (exact) mass is 152 g/mol. The van der Waals surface area contributed by atoms with Crippen molar-refractivity contribution in [1.82, 2.24) is 5.43 Å². The third-order valence-corrected chi connectivity index (χ3v) is 2.72. The fraction of sp³-hybridized carbons (Fsp3) is 0.750. The zero-order valence-corrected chi connectivity index (χ0v) is 6.58. The van der Waals surface area contributed by atoms with E-state index in [4.69, 9.17) is 0 Å². The van der Waals surface area contributed by atoms with Gasteiger partial charge in [0.2, 0.25) is 0 Å². The molecule has 1 aliphatic carbocycles. The predicted molar refractivity (Wildman–Crippen MR) is 42.3 cm³/mol. The SMILES string of the molecule is CC(=O)C1CCC2C=NNC21. The molecular weight excluding hydrogens is 140 g/mol. The summed E-state index contributed by atoms with van der Waals surface area (Å²) in [5, 5.41) is 3.97. The van der Waals surface area contributed by atoms with Gasteiger partial charge in [-0.15, -0.1) is 0 Å². The lowest BCUT2D eigenvalue weighted by atomic mass is 9.97. The molecule has 1 aliphatic heterocycles. The Kier molecular flexibility index (Phi) is 1.44. The number of hydrogen-bond acceptors (Lipinski definition) is 3. The zero-order chi connectivity index (χ0) is 7.84. The van der Waals surface area contributed by atoms with Crippen molar-refractivity contribution in [2.75, 3.05) is 0 Å². The van der Waals surface area contributed by atoms with E-state index < -0.39 is 0 Å². The van der Waals surface area contributed by atoms with Gasteiger partial charge in [0, 0.05) is 18.1 Å². The van der Waals surface area contributed by atoms with Crippen LogP contribution in [0.3, 0.4) is 0 Å². The molecule has 2 aliphatic rings. The number of fused-ring (bicyclic) bond motifs is 1. The van der Waals surface area contributed by atoms with Crippen LogP contribution in [0.15, 0.2) is 5.10 Å². The van der Waals surface area contributed by atoms with Crippen LogP contribution >= 0.6 is 0 Å². The molecule has 0 bridgehead atoms. The van der Waals surface area contributed by atoms with E-state index in [0.29, 0.717) is 17.7 Å². The van der Waals surface area contributed by atoms with Gasteiger partial charge in [-0.25, -0.2) is 0 Å². The van der Waals surface area contributed by atoms with Gasteiger partial charge in [0.1, 0.15) is 5.78 Å². The molecule has 3 atom stereocenters. The summed E-state index contributed by atoms with van der Waals surface area (Å²) in [6, 6.07) is 0.312. The Labute approximate surface area is 65.9 Å². The number of hydrogen-bond donors (Lipinski definition) is 1. The first kappa shape index (κ1) is 6.83. The largest absolute Gasteiger partial charge is 0.306 e. The van der Waals surface area contributed by atoms with Crippen molar-refractivity contribution >= 4 is 12.0 Å². The third kappa shape index (κ3) is 0.951. The first-order valence-electron chi connectivity index (χ1n) is 4.08. The first-order chi connectivity index (χ1) is 5.29. The van der Waals surface area contributed by atoms with Crippen molar-refractivity contribution in [3.8, 4) is 0 Å². The van der Waals surface area contributed by atoms with E-state index in [1.54, 1.807) is 6.92 Å². The molecule has 1 N–H and O–H groups in total. The van der Waals surface area contributed by atoms with E-state index in [0.717, 1.165) is 12.8 Å². The molecule has 11 heavy (non-hydrogen) atoms. The molecule has 1 saturated carbocycles. The van der Waals surface area contributed by atoms with Crippen molar-refractivity contribution in [3.05, 3.63) is 0 Å². The molecule has 2 rings (SSSR count). The van der Waals surface area contributed by atoms with Crippen LogP contribution in [0.4, 0.5) is 0 Å². The van der Waals surface area contributed by atoms with Gasteiger partial charge in [0.25, 0.3) is 0 Å². The lowest BCUT2D eigenvalue weighted by molar-refractivity contribution is -0.121. The molecule has 1 fully saturated rings. The molecule has 0 aromatic rings. The summed E-state index contributed by atoms with van der Waals surface area (Å²) in [5.74, 6) is 1.03. The Balaban J connectivity index is 2.12. The summed E-state index contributed by atoms with van der Waals surface area (Å²) in [6.45, 7) is 1.67. The minimum atomic E-state index is 0.211. The topological polar surface area (TPSA) is 41.5 Å². The van der Waals surface area contributed by atoms with Gasteiger partial charge in [-0.3, -0.25) is 4.79 Å². The molecule has 3 heteroatoms. The fourth-order valence-corrected chi connectivity index (χ4v) is 2.06. The Bertz CT molecular complexity index is 212. The molecule has 0 aromatic carbocycles. The Hall–Kier alpha value is -0.860. The maximum atomic E-state index is 11.1. The number of rotatable bonds is 1.